The average Bonchev–Trinajstić information content (AvgIpc) is 3.85. The molecule has 3 N–H and O–H groups in total. The number of aliphatic carboxylic acids is 1. The van der Waals surface area contributed by atoms with Gasteiger partial charge in [0.2, 0.25) is 11.8 Å². The number of carboxylic acid groups (broad SMARTS) is 1. The summed E-state index contributed by atoms with van der Waals surface area (Å²) in [6.45, 7) is 0.448. The Hall–Kier alpha value is -4.30. The Bertz CT molecular complexity index is 1750. The number of methoxy groups -OCH3 is 1. The quantitative estimate of drug-likeness (QED) is 0.0710. The van der Waals surface area contributed by atoms with Crippen LogP contribution >= 0.6 is 11.6 Å². The molecule has 0 spiro atoms. The number of nitrogens with zero attached hydrogens (tertiary/aromatic N) is 1. The zero-order valence-corrected chi connectivity index (χ0v) is 25.9. The van der Waals surface area contributed by atoms with Gasteiger partial charge in [-0.25, -0.2) is 4.39 Å². The maximum absolute atomic E-state index is 13.2. The zero-order valence-electron chi connectivity index (χ0n) is 25.1. The van der Waals surface area contributed by atoms with Crippen LogP contribution in [0.1, 0.15) is 44.9 Å². The second-order valence-corrected chi connectivity index (χ2v) is 11.4. The number of fused-ring (bicyclic) bond motifs is 1. The second-order valence-electron chi connectivity index (χ2n) is 11.0. The van der Waals surface area contributed by atoms with E-state index >= 15 is 0 Å². The van der Waals surface area contributed by atoms with Crippen LogP contribution in [0.4, 0.5) is 15.8 Å². The van der Waals surface area contributed by atoms with E-state index in [0.717, 1.165) is 19.3 Å². The number of benzene rings is 3. The molecule has 3 aromatic carbocycles. The van der Waals surface area contributed by atoms with Gasteiger partial charge in [-0.2, -0.15) is 0 Å². The van der Waals surface area contributed by atoms with Crippen LogP contribution in [0.5, 0.6) is 23.0 Å². The van der Waals surface area contributed by atoms with Gasteiger partial charge in [-0.05, 0) is 80.3 Å². The van der Waals surface area contributed by atoms with Crippen LogP contribution in [0.2, 0.25) is 5.02 Å². The van der Waals surface area contributed by atoms with Crippen molar-refractivity contribution in [2.45, 2.75) is 44.9 Å². The molecule has 242 valence electrons. The number of ether oxygens (including phenoxy) is 3. The average molecular weight is 658 g/mol. The number of rotatable bonds is 15. The van der Waals surface area contributed by atoms with Crippen molar-refractivity contribution >= 4 is 70.5 Å². The number of nitrogens with one attached hydrogen (secondary N) is 2. The molecule has 1 aliphatic carbocycles. The molecule has 0 saturated heterocycles. The minimum absolute atomic E-state index is 0. The monoisotopic (exact) mass is 657 g/mol. The van der Waals surface area contributed by atoms with E-state index in [2.05, 4.69) is 15.6 Å². The van der Waals surface area contributed by atoms with Crippen LogP contribution in [-0.4, -0.2) is 60.5 Å². The van der Waals surface area contributed by atoms with Gasteiger partial charge in [0, 0.05) is 35.4 Å². The van der Waals surface area contributed by atoms with Gasteiger partial charge in [0.1, 0.15) is 22.7 Å². The molecule has 0 radical (unpaired) electrons. The summed E-state index contributed by atoms with van der Waals surface area (Å²) in [5, 5.41) is 15.1. The van der Waals surface area contributed by atoms with Crippen LogP contribution in [0.25, 0.3) is 10.9 Å². The molecule has 5 rings (SSSR count). The number of halogens is 2. The Morgan fingerprint density at radius 2 is 1.55 bits per heavy atom. The van der Waals surface area contributed by atoms with E-state index in [1.54, 1.807) is 49.7 Å². The summed E-state index contributed by atoms with van der Waals surface area (Å²) in [6, 6.07) is 15.4. The number of carboxylic acids is 1. The van der Waals surface area contributed by atoms with E-state index in [1.165, 1.54) is 24.3 Å². The van der Waals surface area contributed by atoms with Crippen molar-refractivity contribution < 1.29 is 38.1 Å². The number of pyridine rings is 1. The standard InChI is InChI=1S/C34H33ClFN3O7.Li.H/c1-44-29-19-24-26(20-30(29)45-17-5-3-2-4-6-31(40)41)37-16-13-27(24)46-28-12-11-23(18-25(28)35)39-33(43)34(14-15-34)32(42)38-22-9-7-21(36)8-10-22;;/h7-13,16,18-20H,2-6,14-15,17H2,1H3,(H,38,42)(H,39,43)(H,40,41);;. The van der Waals surface area contributed by atoms with Crippen molar-refractivity contribution in [2.24, 2.45) is 5.41 Å². The molecule has 10 nitrogen and oxygen atoms in total. The molecule has 0 bridgehead atoms. The number of unbranched alkanes of at least 4 members (excludes halogenated alkanes) is 3. The molecule has 13 heteroatoms. The fraction of sp³-hybridized carbons (Fsp3) is 0.294. The van der Waals surface area contributed by atoms with Gasteiger partial charge in [0.25, 0.3) is 0 Å². The summed E-state index contributed by atoms with van der Waals surface area (Å²) in [5.74, 6) is -0.282. The summed E-state index contributed by atoms with van der Waals surface area (Å²) in [4.78, 5) is 41.1. The molecular formula is C34H34ClFLiN3O7. The van der Waals surface area contributed by atoms with Gasteiger partial charge >= 0.3 is 24.8 Å². The number of carbonyl (C=O) groups is 3. The fourth-order valence-corrected chi connectivity index (χ4v) is 5.12. The van der Waals surface area contributed by atoms with Crippen molar-refractivity contribution in [1.82, 2.24) is 4.98 Å². The van der Waals surface area contributed by atoms with Gasteiger partial charge in [-0.15, -0.1) is 0 Å². The number of anilines is 2. The molecule has 1 heterocycles. The Morgan fingerprint density at radius 3 is 2.21 bits per heavy atom. The first-order chi connectivity index (χ1) is 22.2. The van der Waals surface area contributed by atoms with E-state index in [0.29, 0.717) is 71.1 Å². The van der Waals surface area contributed by atoms with E-state index in [9.17, 15) is 18.8 Å². The van der Waals surface area contributed by atoms with Crippen LogP contribution in [0.3, 0.4) is 0 Å². The van der Waals surface area contributed by atoms with Crippen LogP contribution < -0.4 is 24.8 Å². The van der Waals surface area contributed by atoms with Crippen LogP contribution in [0, 0.1) is 11.2 Å². The van der Waals surface area contributed by atoms with Gasteiger partial charge in [-0.1, -0.05) is 24.4 Å². The third kappa shape index (κ3) is 8.95. The maximum atomic E-state index is 13.2. The topological polar surface area (TPSA) is 136 Å². The predicted octanol–water partition coefficient (Wildman–Crippen LogP) is 6.95. The first kappa shape index (κ1) is 35.5. The molecule has 1 saturated carbocycles. The molecule has 2 amide bonds. The Balaban J connectivity index is 0.00000500. The Labute approximate surface area is 288 Å². The normalized spacial score (nSPS) is 12.8. The number of aromatic nitrogens is 1. The number of amides is 2. The molecule has 4 aromatic rings. The van der Waals surface area contributed by atoms with Gasteiger partial charge in [0.15, 0.2) is 11.5 Å². The molecule has 47 heavy (non-hydrogen) atoms. The first-order valence-electron chi connectivity index (χ1n) is 14.9. The third-order valence-electron chi connectivity index (χ3n) is 7.66. The van der Waals surface area contributed by atoms with Gasteiger partial charge < -0.3 is 30.0 Å². The molecular weight excluding hydrogens is 624 g/mol. The number of hydrogen-bond donors (Lipinski definition) is 3. The van der Waals surface area contributed by atoms with Crippen molar-refractivity contribution in [3.05, 3.63) is 77.7 Å². The third-order valence-corrected chi connectivity index (χ3v) is 7.96. The summed E-state index contributed by atoms with van der Waals surface area (Å²) in [6.07, 6.45) is 5.64. The SMILES string of the molecule is COc1cc2c(Oc3ccc(NC(=O)C4(C(=O)Nc5ccc(F)cc5)CC4)cc3Cl)ccnc2cc1OCCCCCCC(=O)O.[LiH]. The van der Waals surface area contributed by atoms with E-state index < -0.39 is 29.0 Å². The minimum atomic E-state index is -1.21. The van der Waals surface area contributed by atoms with Crippen molar-refractivity contribution in [2.75, 3.05) is 24.4 Å². The summed E-state index contributed by atoms with van der Waals surface area (Å²) in [5.41, 5.74) is 0.202. The van der Waals surface area contributed by atoms with Gasteiger partial charge in [0.05, 0.1) is 24.3 Å². The summed E-state index contributed by atoms with van der Waals surface area (Å²) >= 11 is 6.55. The molecule has 1 aliphatic rings. The summed E-state index contributed by atoms with van der Waals surface area (Å²) < 4.78 is 30.9. The fourth-order valence-electron chi connectivity index (χ4n) is 4.90. The van der Waals surface area contributed by atoms with E-state index in [-0.39, 0.29) is 30.3 Å². The van der Waals surface area contributed by atoms with E-state index in [1.807, 2.05) is 0 Å². The molecule has 0 unspecified atom stereocenters. The Kier molecular flexibility index (Phi) is 12.1. The van der Waals surface area contributed by atoms with Crippen molar-refractivity contribution in [3.8, 4) is 23.0 Å². The number of hydrogen-bond acceptors (Lipinski definition) is 7. The van der Waals surface area contributed by atoms with Gasteiger partial charge in [-0.3, -0.25) is 19.4 Å². The van der Waals surface area contributed by atoms with Crippen molar-refractivity contribution in [3.63, 3.8) is 0 Å². The van der Waals surface area contributed by atoms with Crippen molar-refractivity contribution in [1.29, 1.82) is 0 Å². The molecule has 1 fully saturated rings. The first-order valence-corrected chi connectivity index (χ1v) is 15.2. The molecule has 0 aliphatic heterocycles. The van der Waals surface area contributed by atoms with Crippen LogP contribution in [-0.2, 0) is 14.4 Å². The molecule has 0 atom stereocenters. The molecule has 1 aromatic heterocycles. The van der Waals surface area contributed by atoms with E-state index in [4.69, 9.17) is 30.9 Å². The van der Waals surface area contributed by atoms with Crippen LogP contribution in [0.15, 0.2) is 66.9 Å². The number of carbonyl (C=O) groups excluding carboxylic acids is 2. The predicted molar refractivity (Wildman–Crippen MR) is 179 cm³/mol. The second kappa shape index (κ2) is 16.0. The zero-order chi connectivity index (χ0) is 32.7. The Morgan fingerprint density at radius 1 is 0.872 bits per heavy atom. The summed E-state index contributed by atoms with van der Waals surface area (Å²) in [7, 11) is 1.54.